The average molecular weight is 557 g/mol. The first kappa shape index (κ1) is 31.4. The number of piperazine rings is 1. The highest BCUT2D eigenvalue weighted by atomic mass is 16.6. The molecule has 3 rings (SSSR count). The third kappa shape index (κ3) is 9.25. The number of allylic oxidation sites excluding steroid dienone is 3. The molecule has 220 valence electrons. The van der Waals surface area contributed by atoms with Gasteiger partial charge in [0.2, 0.25) is 0 Å². The number of nitrogens with zero attached hydrogens (tertiary/aromatic N) is 4. The van der Waals surface area contributed by atoms with Crippen LogP contribution < -0.4 is 0 Å². The Morgan fingerprint density at radius 3 is 2.58 bits per heavy atom. The fraction of sp³-hybridized carbons (Fsp3) is 0.600. The van der Waals surface area contributed by atoms with Gasteiger partial charge in [-0.15, -0.1) is 0 Å². The Balaban J connectivity index is 1.81. The zero-order chi connectivity index (χ0) is 29.3. The van der Waals surface area contributed by atoms with Crippen molar-refractivity contribution in [3.63, 3.8) is 0 Å². The molecule has 2 aliphatic heterocycles. The first-order valence-electron chi connectivity index (χ1n) is 14.0. The second-order valence-electron chi connectivity index (χ2n) is 11.2. The van der Waals surface area contributed by atoms with Crippen molar-refractivity contribution in [2.75, 3.05) is 33.2 Å². The highest BCUT2D eigenvalue weighted by Gasteiger charge is 2.36. The SMILES string of the molecule is C/C(=C\C=C\C(C)c1ncccn1)[C@H]1OC(=O)C[C@@H](O)CC[C@](C)(O)[C@@H](OC(=O)N2CCN(C)CC2)/C=C\[C@@H]1C. The van der Waals surface area contributed by atoms with E-state index >= 15 is 0 Å². The van der Waals surface area contributed by atoms with Crippen LogP contribution in [0.3, 0.4) is 0 Å². The minimum Gasteiger partial charge on any atom is -0.457 e. The average Bonchev–Trinajstić information content (AvgIpc) is 2.92. The molecule has 10 nitrogen and oxygen atoms in total. The van der Waals surface area contributed by atoms with E-state index in [4.69, 9.17) is 9.47 Å². The Bertz CT molecular complexity index is 1070. The normalized spacial score (nSPS) is 31.1. The number of carbonyl (C=O) groups is 2. The van der Waals surface area contributed by atoms with Crippen LogP contribution in [0.15, 0.2) is 54.4 Å². The quantitative estimate of drug-likeness (QED) is 0.319. The van der Waals surface area contributed by atoms with Gasteiger partial charge in [0, 0.05) is 50.4 Å². The van der Waals surface area contributed by atoms with Crippen LogP contribution in [0.25, 0.3) is 0 Å². The third-order valence-corrected chi connectivity index (χ3v) is 7.51. The van der Waals surface area contributed by atoms with Crippen LogP contribution in [0.1, 0.15) is 58.7 Å². The molecule has 1 amide bonds. The second kappa shape index (κ2) is 14.5. The van der Waals surface area contributed by atoms with Crippen LogP contribution >= 0.6 is 0 Å². The summed E-state index contributed by atoms with van der Waals surface area (Å²) in [6.07, 6.45) is 9.66. The largest absolute Gasteiger partial charge is 0.457 e. The summed E-state index contributed by atoms with van der Waals surface area (Å²) < 4.78 is 11.6. The molecule has 1 unspecified atom stereocenters. The lowest BCUT2D eigenvalue weighted by molar-refractivity contribution is -0.151. The maximum Gasteiger partial charge on any atom is 0.410 e. The molecule has 10 heteroatoms. The van der Waals surface area contributed by atoms with E-state index in [0.29, 0.717) is 18.9 Å². The van der Waals surface area contributed by atoms with Crippen LogP contribution in [0.4, 0.5) is 4.79 Å². The molecule has 0 saturated carbocycles. The molecule has 2 N–H and O–H groups in total. The molecular formula is C30H44N4O6. The van der Waals surface area contributed by atoms with E-state index in [1.807, 2.05) is 52.1 Å². The van der Waals surface area contributed by atoms with Crippen molar-refractivity contribution >= 4 is 12.1 Å². The summed E-state index contributed by atoms with van der Waals surface area (Å²) in [6.45, 7) is 9.95. The summed E-state index contributed by atoms with van der Waals surface area (Å²) in [5.41, 5.74) is -0.645. The van der Waals surface area contributed by atoms with E-state index in [2.05, 4.69) is 14.9 Å². The molecule has 0 bridgehead atoms. The highest BCUT2D eigenvalue weighted by molar-refractivity contribution is 5.70. The van der Waals surface area contributed by atoms with Gasteiger partial charge in [0.1, 0.15) is 17.5 Å². The summed E-state index contributed by atoms with van der Waals surface area (Å²) in [5, 5.41) is 21.8. The molecular weight excluding hydrogens is 512 g/mol. The summed E-state index contributed by atoms with van der Waals surface area (Å²) in [6, 6.07) is 1.77. The van der Waals surface area contributed by atoms with E-state index in [0.717, 1.165) is 18.7 Å². The lowest BCUT2D eigenvalue weighted by Crippen LogP contribution is -2.50. The van der Waals surface area contributed by atoms with Crippen molar-refractivity contribution < 1.29 is 29.3 Å². The molecule has 0 aliphatic carbocycles. The van der Waals surface area contributed by atoms with E-state index in [1.54, 1.807) is 36.4 Å². The molecule has 6 atom stereocenters. The van der Waals surface area contributed by atoms with Crippen molar-refractivity contribution in [2.45, 2.75) is 76.8 Å². The summed E-state index contributed by atoms with van der Waals surface area (Å²) >= 11 is 0. The molecule has 1 fully saturated rings. The molecule has 3 heterocycles. The zero-order valence-electron chi connectivity index (χ0n) is 24.3. The van der Waals surface area contributed by atoms with E-state index in [9.17, 15) is 19.8 Å². The lowest BCUT2D eigenvalue weighted by Gasteiger charge is -2.36. The molecule has 2 aliphatic rings. The van der Waals surface area contributed by atoms with Gasteiger partial charge in [0.05, 0.1) is 12.5 Å². The first-order chi connectivity index (χ1) is 19.0. The number of rotatable bonds is 5. The highest BCUT2D eigenvalue weighted by Crippen LogP contribution is 2.27. The summed E-state index contributed by atoms with van der Waals surface area (Å²) in [5.74, 6) is -0.120. The number of hydrogen-bond acceptors (Lipinski definition) is 9. The van der Waals surface area contributed by atoms with E-state index < -0.39 is 36.0 Å². The van der Waals surface area contributed by atoms with Crippen molar-refractivity contribution in [1.82, 2.24) is 19.8 Å². The maximum atomic E-state index is 13.0. The van der Waals surface area contributed by atoms with Crippen LogP contribution in [-0.4, -0.2) is 99.2 Å². The Morgan fingerprint density at radius 2 is 1.90 bits per heavy atom. The molecule has 0 aromatic carbocycles. The predicted molar refractivity (Wildman–Crippen MR) is 151 cm³/mol. The van der Waals surface area contributed by atoms with Crippen molar-refractivity contribution in [3.8, 4) is 0 Å². The number of ether oxygens (including phenoxy) is 2. The van der Waals surface area contributed by atoms with Gasteiger partial charge in [-0.05, 0) is 51.5 Å². The molecule has 0 radical (unpaired) electrons. The van der Waals surface area contributed by atoms with Crippen LogP contribution in [0.2, 0.25) is 0 Å². The number of carbonyl (C=O) groups excluding carboxylic acids is 2. The summed E-state index contributed by atoms with van der Waals surface area (Å²) in [7, 11) is 2.00. The van der Waals surface area contributed by atoms with Gasteiger partial charge in [0.25, 0.3) is 0 Å². The van der Waals surface area contributed by atoms with Gasteiger partial charge >= 0.3 is 12.1 Å². The lowest BCUT2D eigenvalue weighted by atomic mass is 9.89. The Labute approximate surface area is 237 Å². The number of likely N-dealkylation sites (N-methyl/N-ethyl adjacent to an activating group) is 1. The Morgan fingerprint density at radius 1 is 1.23 bits per heavy atom. The molecule has 1 saturated heterocycles. The van der Waals surface area contributed by atoms with Gasteiger partial charge in [-0.2, -0.15) is 0 Å². The maximum absolute atomic E-state index is 13.0. The van der Waals surface area contributed by atoms with Gasteiger partial charge in [-0.25, -0.2) is 14.8 Å². The third-order valence-electron chi connectivity index (χ3n) is 7.51. The molecule has 0 spiro atoms. The number of esters is 1. The number of aliphatic hydroxyl groups excluding tert-OH is 1. The minimum absolute atomic E-state index is 0.00504. The smallest absolute Gasteiger partial charge is 0.410 e. The number of hydrogen-bond donors (Lipinski definition) is 2. The number of aliphatic hydroxyl groups is 2. The van der Waals surface area contributed by atoms with E-state index in [-0.39, 0.29) is 31.1 Å². The fourth-order valence-corrected chi connectivity index (χ4v) is 4.72. The minimum atomic E-state index is -1.44. The van der Waals surface area contributed by atoms with Gasteiger partial charge in [-0.1, -0.05) is 38.2 Å². The second-order valence-corrected chi connectivity index (χ2v) is 11.2. The summed E-state index contributed by atoms with van der Waals surface area (Å²) in [4.78, 5) is 38.0. The predicted octanol–water partition coefficient (Wildman–Crippen LogP) is 3.24. The van der Waals surface area contributed by atoms with Crippen LogP contribution in [0.5, 0.6) is 0 Å². The molecule has 1 aromatic rings. The van der Waals surface area contributed by atoms with Crippen LogP contribution in [0, 0.1) is 5.92 Å². The first-order valence-corrected chi connectivity index (χ1v) is 14.0. The number of amides is 1. The van der Waals surface area contributed by atoms with Crippen molar-refractivity contribution in [3.05, 3.63) is 60.2 Å². The molecule has 1 aromatic heterocycles. The van der Waals surface area contributed by atoms with Gasteiger partial charge < -0.3 is 29.5 Å². The molecule has 40 heavy (non-hydrogen) atoms. The Hall–Kier alpha value is -3.08. The number of aromatic nitrogens is 2. The van der Waals surface area contributed by atoms with Crippen molar-refractivity contribution in [2.24, 2.45) is 5.92 Å². The van der Waals surface area contributed by atoms with Crippen LogP contribution in [-0.2, 0) is 14.3 Å². The Kier molecular flexibility index (Phi) is 11.4. The monoisotopic (exact) mass is 556 g/mol. The zero-order valence-corrected chi connectivity index (χ0v) is 24.3. The number of cyclic esters (lactones) is 1. The topological polar surface area (TPSA) is 125 Å². The van der Waals surface area contributed by atoms with Crippen molar-refractivity contribution in [1.29, 1.82) is 0 Å². The van der Waals surface area contributed by atoms with Gasteiger partial charge in [-0.3, -0.25) is 4.79 Å². The fourth-order valence-electron chi connectivity index (χ4n) is 4.72. The van der Waals surface area contributed by atoms with E-state index in [1.165, 1.54) is 0 Å². The van der Waals surface area contributed by atoms with Gasteiger partial charge in [0.15, 0.2) is 6.10 Å². The standard InChI is InChI=1S/C30H44N4O6/c1-21(8-6-9-23(3)28-31-14-7-15-32-28)27-22(2)10-11-25(39-29(37)34-18-16-33(5)17-19-34)30(4,38)13-12-24(35)20-26(36)40-27/h6-11,14-15,22-25,27,35,38H,12-13,16-20H2,1-5H3/b9-6+,11-10-,21-8+/t22-,23?,24-,25-,27+,30-/m0/s1.